The molecule has 2 aromatic heterocycles. The molecule has 8 nitrogen and oxygen atoms in total. The zero-order chi connectivity index (χ0) is 28.8. The van der Waals surface area contributed by atoms with Gasteiger partial charge in [0.05, 0.1) is 16.8 Å². The Morgan fingerprint density at radius 1 is 0.878 bits per heavy atom. The van der Waals surface area contributed by atoms with Crippen LogP contribution in [0, 0.1) is 0 Å². The quantitative estimate of drug-likeness (QED) is 0.264. The van der Waals surface area contributed by atoms with Crippen LogP contribution < -0.4 is 5.32 Å². The van der Waals surface area contributed by atoms with Crippen LogP contribution in [0.25, 0.3) is 39.5 Å². The Balaban J connectivity index is 1.40. The number of nitrogens with zero attached hydrogens (tertiary/aromatic N) is 4. The molecule has 1 fully saturated rings. The summed E-state index contributed by atoms with van der Waals surface area (Å²) in [6.07, 6.45) is 2.24. The van der Waals surface area contributed by atoms with Crippen molar-refractivity contribution in [1.29, 1.82) is 0 Å². The average molecular weight is 548 g/mol. The van der Waals surface area contributed by atoms with E-state index in [1.165, 1.54) is 0 Å². The highest BCUT2D eigenvalue weighted by Gasteiger charge is 2.53. The first-order valence-electron chi connectivity index (χ1n) is 13.7. The molecule has 0 unspecified atom stereocenters. The van der Waals surface area contributed by atoms with Gasteiger partial charge in [0.1, 0.15) is 5.60 Å². The van der Waals surface area contributed by atoms with Gasteiger partial charge in [-0.25, -0.2) is 14.3 Å². The molecule has 0 radical (unpaired) electrons. The number of alkyl carbamates (subject to hydrolysis) is 1. The molecule has 0 bridgehead atoms. The lowest BCUT2D eigenvalue weighted by molar-refractivity contribution is -0.0892. The van der Waals surface area contributed by atoms with Gasteiger partial charge in [-0.3, -0.25) is 0 Å². The van der Waals surface area contributed by atoms with E-state index in [9.17, 15) is 9.90 Å². The lowest BCUT2D eigenvalue weighted by atomic mass is 9.62. The Labute approximate surface area is 239 Å². The number of nitrogens with one attached hydrogen (secondary N) is 1. The van der Waals surface area contributed by atoms with Gasteiger partial charge in [0.2, 0.25) is 0 Å². The molecule has 1 aliphatic rings. The topological polar surface area (TPSA) is 102 Å². The van der Waals surface area contributed by atoms with Gasteiger partial charge in [-0.15, -0.1) is 5.10 Å². The number of carbonyl (C=O) groups excluding carboxylic acids is 1. The summed E-state index contributed by atoms with van der Waals surface area (Å²) >= 11 is 0. The standard InChI is InChI=1S/C33H33N5O3/c1-31(2,3)41-30(39)36-33(20-32(4,40)21-33)25-17-15-23(16-18-25)27-26(22-11-7-5-8-12-22)19-38-29(34-27)35-28(37-38)24-13-9-6-10-14-24/h5-19,40H,20-21H2,1-4H3,(H,36,39). The van der Waals surface area contributed by atoms with Crippen LogP contribution in [0.4, 0.5) is 4.79 Å². The number of aliphatic hydroxyl groups is 1. The molecule has 0 spiro atoms. The summed E-state index contributed by atoms with van der Waals surface area (Å²) in [6.45, 7) is 7.27. The van der Waals surface area contributed by atoms with E-state index in [-0.39, 0.29) is 0 Å². The van der Waals surface area contributed by atoms with E-state index in [2.05, 4.69) is 5.32 Å². The van der Waals surface area contributed by atoms with Crippen LogP contribution >= 0.6 is 0 Å². The largest absolute Gasteiger partial charge is 0.444 e. The highest BCUT2D eigenvalue weighted by atomic mass is 16.6. The van der Waals surface area contributed by atoms with Crippen molar-refractivity contribution in [3.05, 3.63) is 96.7 Å². The minimum atomic E-state index is -0.870. The van der Waals surface area contributed by atoms with Crippen molar-refractivity contribution < 1.29 is 14.6 Å². The Morgan fingerprint density at radius 2 is 1.49 bits per heavy atom. The number of aromatic nitrogens is 4. The summed E-state index contributed by atoms with van der Waals surface area (Å²) in [5.74, 6) is 1.11. The molecule has 0 aliphatic heterocycles. The third-order valence-corrected chi connectivity index (χ3v) is 7.26. The fourth-order valence-electron chi connectivity index (χ4n) is 5.64. The second-order valence-corrected chi connectivity index (χ2v) is 12.1. The summed E-state index contributed by atoms with van der Waals surface area (Å²) in [5, 5.41) is 18.4. The highest BCUT2D eigenvalue weighted by molar-refractivity contribution is 5.81. The van der Waals surface area contributed by atoms with Crippen molar-refractivity contribution in [1.82, 2.24) is 24.9 Å². The minimum Gasteiger partial charge on any atom is -0.444 e. The zero-order valence-corrected chi connectivity index (χ0v) is 23.6. The number of rotatable bonds is 5. The summed E-state index contributed by atoms with van der Waals surface area (Å²) in [4.78, 5) is 22.4. The van der Waals surface area contributed by atoms with E-state index in [1.807, 2.05) is 112 Å². The first kappa shape index (κ1) is 26.7. The number of hydrogen-bond donors (Lipinski definition) is 2. The molecule has 8 heteroatoms. The molecule has 1 amide bonds. The van der Waals surface area contributed by atoms with Crippen molar-refractivity contribution in [2.24, 2.45) is 0 Å². The van der Waals surface area contributed by atoms with Gasteiger partial charge in [-0.05, 0) is 38.8 Å². The summed E-state index contributed by atoms with van der Waals surface area (Å²) < 4.78 is 7.26. The Bertz CT molecular complexity index is 1700. The fraction of sp³-hybridized carbons (Fsp3) is 0.273. The fourth-order valence-corrected chi connectivity index (χ4v) is 5.64. The molecule has 1 saturated carbocycles. The molecule has 1 aliphatic carbocycles. The van der Waals surface area contributed by atoms with E-state index in [1.54, 1.807) is 11.4 Å². The zero-order valence-electron chi connectivity index (χ0n) is 23.6. The van der Waals surface area contributed by atoms with Gasteiger partial charge in [0.25, 0.3) is 5.78 Å². The van der Waals surface area contributed by atoms with Gasteiger partial charge >= 0.3 is 6.09 Å². The highest BCUT2D eigenvalue weighted by Crippen LogP contribution is 2.48. The number of ether oxygens (including phenoxy) is 1. The molecule has 2 N–H and O–H groups in total. The van der Waals surface area contributed by atoms with Crippen molar-refractivity contribution in [2.45, 2.75) is 57.3 Å². The molecule has 208 valence electrons. The molecule has 0 saturated heterocycles. The van der Waals surface area contributed by atoms with Crippen LogP contribution in [0.5, 0.6) is 0 Å². The molecule has 5 aromatic rings. The van der Waals surface area contributed by atoms with Crippen molar-refractivity contribution in [3.63, 3.8) is 0 Å². The SMILES string of the molecule is CC1(O)CC(NC(=O)OC(C)(C)C)(c2ccc(-c3nc4nc(-c5ccccc5)nn4cc3-c3ccccc3)cc2)C1. The number of carbonyl (C=O) groups is 1. The summed E-state index contributed by atoms with van der Waals surface area (Å²) in [6, 6.07) is 27.9. The van der Waals surface area contributed by atoms with E-state index < -0.39 is 22.8 Å². The van der Waals surface area contributed by atoms with E-state index >= 15 is 0 Å². The average Bonchev–Trinajstić information content (AvgIpc) is 3.34. The number of hydrogen-bond acceptors (Lipinski definition) is 6. The van der Waals surface area contributed by atoms with Gasteiger partial charge in [-0.2, -0.15) is 4.98 Å². The van der Waals surface area contributed by atoms with Crippen molar-refractivity contribution >= 4 is 11.9 Å². The maximum absolute atomic E-state index is 12.7. The predicted molar refractivity (Wildman–Crippen MR) is 158 cm³/mol. The Kier molecular flexibility index (Phi) is 6.38. The van der Waals surface area contributed by atoms with Gasteiger partial charge in [0.15, 0.2) is 5.82 Å². The smallest absolute Gasteiger partial charge is 0.408 e. The molecule has 6 rings (SSSR count). The van der Waals surface area contributed by atoms with Gasteiger partial charge in [0, 0.05) is 35.7 Å². The normalized spacial score (nSPS) is 20.4. The molecular formula is C33H33N5O3. The Hall–Kier alpha value is -4.56. The third kappa shape index (κ3) is 5.43. The van der Waals surface area contributed by atoms with Crippen LogP contribution in [-0.4, -0.2) is 42.0 Å². The Morgan fingerprint density at radius 3 is 2.07 bits per heavy atom. The summed E-state index contributed by atoms with van der Waals surface area (Å²) in [7, 11) is 0. The lowest BCUT2D eigenvalue weighted by Gasteiger charge is -2.52. The number of fused-ring (bicyclic) bond motifs is 1. The van der Waals surface area contributed by atoms with Gasteiger partial charge in [-0.1, -0.05) is 84.9 Å². The third-order valence-electron chi connectivity index (χ3n) is 7.26. The maximum atomic E-state index is 12.7. The van der Waals surface area contributed by atoms with Crippen LogP contribution in [0.2, 0.25) is 0 Å². The number of amides is 1. The van der Waals surface area contributed by atoms with Gasteiger partial charge < -0.3 is 15.2 Å². The predicted octanol–water partition coefficient (Wildman–Crippen LogP) is 6.39. The minimum absolute atomic E-state index is 0.389. The monoisotopic (exact) mass is 547 g/mol. The first-order valence-corrected chi connectivity index (χ1v) is 13.7. The van der Waals surface area contributed by atoms with Crippen molar-refractivity contribution in [2.75, 3.05) is 0 Å². The molecular weight excluding hydrogens is 514 g/mol. The first-order chi connectivity index (χ1) is 19.5. The maximum Gasteiger partial charge on any atom is 0.408 e. The molecule has 0 atom stereocenters. The second-order valence-electron chi connectivity index (χ2n) is 12.1. The van der Waals surface area contributed by atoms with Crippen molar-refractivity contribution in [3.8, 4) is 33.8 Å². The van der Waals surface area contributed by atoms with Crippen LogP contribution in [0.15, 0.2) is 91.1 Å². The lowest BCUT2D eigenvalue weighted by Crippen LogP contribution is -2.62. The van der Waals surface area contributed by atoms with E-state index in [0.717, 1.165) is 33.5 Å². The van der Waals surface area contributed by atoms with Crippen LogP contribution in [0.1, 0.15) is 46.1 Å². The van der Waals surface area contributed by atoms with Crippen LogP contribution in [-0.2, 0) is 10.3 Å². The van der Waals surface area contributed by atoms with Crippen LogP contribution in [0.3, 0.4) is 0 Å². The number of benzene rings is 3. The molecule has 2 heterocycles. The molecule has 3 aromatic carbocycles. The van der Waals surface area contributed by atoms with E-state index in [0.29, 0.717) is 24.4 Å². The second kappa shape index (κ2) is 9.82. The van der Waals surface area contributed by atoms with E-state index in [4.69, 9.17) is 19.8 Å². The summed E-state index contributed by atoms with van der Waals surface area (Å²) in [5.41, 5.74) is 3.21. The molecule has 41 heavy (non-hydrogen) atoms.